The van der Waals surface area contributed by atoms with E-state index in [1.165, 1.54) is 135 Å². The lowest BCUT2D eigenvalue weighted by molar-refractivity contribution is 0.590. The Morgan fingerprint density at radius 3 is 1.97 bits per heavy atom. The molecule has 14 rings (SSSR count). The molecule has 2 nitrogen and oxygen atoms in total. The van der Waals surface area contributed by atoms with Gasteiger partial charge in [-0.05, 0) is 110 Å². The van der Waals surface area contributed by atoms with Crippen molar-refractivity contribution in [3.8, 4) is 27.9 Å². The van der Waals surface area contributed by atoms with Gasteiger partial charge < -0.3 is 9.38 Å². The molecule has 0 fully saturated rings. The van der Waals surface area contributed by atoms with Gasteiger partial charge in [-0.2, -0.15) is 0 Å². The molecule has 11 aromatic rings. The maximum absolute atomic E-state index is 2.75. The highest BCUT2D eigenvalue weighted by Gasteiger charge is 2.48. The van der Waals surface area contributed by atoms with Gasteiger partial charge in [-0.1, -0.05) is 140 Å². The van der Waals surface area contributed by atoms with E-state index >= 15 is 0 Å². The van der Waals surface area contributed by atoms with Crippen molar-refractivity contribution in [2.24, 2.45) is 0 Å². The van der Waals surface area contributed by atoms with Crippen molar-refractivity contribution >= 4 is 114 Å². The van der Waals surface area contributed by atoms with Crippen molar-refractivity contribution in [3.05, 3.63) is 162 Å². The molecule has 0 radical (unpaired) electrons. The van der Waals surface area contributed by atoms with Crippen LogP contribution in [0.2, 0.25) is 0 Å². The minimum absolute atomic E-state index is 0.00598. The molecule has 3 aromatic heterocycles. The van der Waals surface area contributed by atoms with E-state index in [4.69, 9.17) is 0 Å². The van der Waals surface area contributed by atoms with Crippen molar-refractivity contribution in [1.82, 2.24) is 4.57 Å². The molecule has 2 aliphatic heterocycles. The predicted octanol–water partition coefficient (Wildman–Crippen LogP) is 15.7. The Morgan fingerprint density at radius 1 is 0.516 bits per heavy atom. The van der Waals surface area contributed by atoms with E-state index in [2.05, 4.69) is 204 Å². The lowest BCUT2D eigenvalue weighted by atomic mass is 9.43. The van der Waals surface area contributed by atoms with Gasteiger partial charge in [0.05, 0.1) is 11.0 Å². The minimum atomic E-state index is -0.150. The monoisotopic (exact) mass is 858 g/mol. The summed E-state index contributed by atoms with van der Waals surface area (Å²) in [5.74, 6) is 0. The van der Waals surface area contributed by atoms with Gasteiger partial charge in [0.2, 0.25) is 0 Å². The Kier molecular flexibility index (Phi) is 7.07. The van der Waals surface area contributed by atoms with Gasteiger partial charge in [-0.15, -0.1) is 22.7 Å². The zero-order chi connectivity index (χ0) is 43.3. The minimum Gasteiger partial charge on any atom is -0.376 e. The van der Waals surface area contributed by atoms with Crippen molar-refractivity contribution in [2.75, 3.05) is 4.81 Å². The van der Waals surface area contributed by atoms with Crippen LogP contribution in [-0.2, 0) is 16.2 Å². The van der Waals surface area contributed by atoms with E-state index in [0.29, 0.717) is 0 Å². The first-order chi connectivity index (χ1) is 30.8. The zero-order valence-corrected chi connectivity index (χ0v) is 39.2. The molecule has 1 aliphatic carbocycles. The summed E-state index contributed by atoms with van der Waals surface area (Å²) in [5.41, 5.74) is 20.1. The van der Waals surface area contributed by atoms with Crippen LogP contribution >= 0.6 is 22.7 Å². The summed E-state index contributed by atoms with van der Waals surface area (Å²) in [6.07, 6.45) is 0. The average Bonchev–Trinajstić information content (AvgIpc) is 4.00. The fourth-order valence-electron chi connectivity index (χ4n) is 12.1. The molecule has 5 heterocycles. The highest BCUT2D eigenvalue weighted by molar-refractivity contribution is 7.27. The molecular formula is C59H47BN2S2. The molecule has 3 aliphatic rings. The average molecular weight is 859 g/mol. The lowest BCUT2D eigenvalue weighted by Gasteiger charge is -2.42. The number of hydrogen-bond donors (Lipinski definition) is 0. The Bertz CT molecular complexity index is 3900. The van der Waals surface area contributed by atoms with Crippen LogP contribution in [0.4, 0.5) is 11.4 Å². The normalized spacial score (nSPS) is 14.9. The maximum Gasteiger partial charge on any atom is 0.333 e. The first-order valence-corrected chi connectivity index (χ1v) is 24.5. The van der Waals surface area contributed by atoms with Crippen LogP contribution in [0.5, 0.6) is 0 Å². The number of fused-ring (bicyclic) bond motifs is 19. The second-order valence-electron chi connectivity index (χ2n) is 21.3. The van der Waals surface area contributed by atoms with Gasteiger partial charge in [0.1, 0.15) is 0 Å². The second-order valence-corrected chi connectivity index (χ2v) is 23.4. The Morgan fingerprint density at radius 2 is 1.20 bits per heavy atom. The van der Waals surface area contributed by atoms with E-state index in [1.807, 2.05) is 22.7 Å². The first kappa shape index (κ1) is 37.3. The molecule has 5 heteroatoms. The van der Waals surface area contributed by atoms with Crippen molar-refractivity contribution in [2.45, 2.75) is 71.6 Å². The van der Waals surface area contributed by atoms with Crippen LogP contribution in [0.15, 0.2) is 140 Å². The second kappa shape index (κ2) is 12.1. The third-order valence-corrected chi connectivity index (χ3v) is 17.6. The molecule has 0 N–H and O–H groups in total. The van der Waals surface area contributed by atoms with Gasteiger partial charge in [0.15, 0.2) is 0 Å². The Labute approximate surface area is 382 Å². The van der Waals surface area contributed by atoms with E-state index in [-0.39, 0.29) is 23.1 Å². The topological polar surface area (TPSA) is 8.17 Å². The summed E-state index contributed by atoms with van der Waals surface area (Å²) in [6, 6.07) is 54.6. The summed E-state index contributed by atoms with van der Waals surface area (Å²) in [5, 5.41) is 8.14. The van der Waals surface area contributed by atoms with Gasteiger partial charge >= 0.3 is 6.85 Å². The fraction of sp³-hybridized carbons (Fsp3) is 0.186. The molecule has 0 saturated carbocycles. The van der Waals surface area contributed by atoms with Gasteiger partial charge in [0, 0.05) is 84.7 Å². The number of thiophene rings is 2. The highest BCUT2D eigenvalue weighted by Crippen LogP contribution is 2.56. The molecule has 308 valence electrons. The van der Waals surface area contributed by atoms with E-state index in [9.17, 15) is 0 Å². The van der Waals surface area contributed by atoms with Crippen molar-refractivity contribution < 1.29 is 0 Å². The van der Waals surface area contributed by atoms with Crippen LogP contribution in [0.3, 0.4) is 0 Å². The summed E-state index contributed by atoms with van der Waals surface area (Å²) in [4.78, 5) is 2.75. The van der Waals surface area contributed by atoms with Crippen LogP contribution < -0.4 is 15.7 Å². The number of benzene rings is 8. The SMILES string of the molecule is CC(C)(C)c1ccc(N2B3c4cc5c(cc4-n4c6ccc(C(C)(C)C)cc6c6c7c(sc8ccccc87)c(c3c64)-c3cc4sc6ccccc6c4cc32)-c2ccccc2C5(C)C)cc1. The van der Waals surface area contributed by atoms with Crippen LogP contribution in [0.25, 0.3) is 90.1 Å². The third-order valence-electron chi connectivity index (χ3n) is 15.3. The van der Waals surface area contributed by atoms with Crippen LogP contribution in [0.1, 0.15) is 77.6 Å². The predicted molar refractivity (Wildman–Crippen MR) is 281 cm³/mol. The molecule has 0 unspecified atom stereocenters. The van der Waals surface area contributed by atoms with Crippen LogP contribution in [0, 0.1) is 0 Å². The lowest BCUT2D eigenvalue weighted by Crippen LogP contribution is -2.60. The Hall–Kier alpha value is -6.14. The molecule has 0 amide bonds. The van der Waals surface area contributed by atoms with E-state index in [1.54, 1.807) is 0 Å². The number of aromatic nitrogens is 1. The highest BCUT2D eigenvalue weighted by atomic mass is 32.1. The summed E-state index contributed by atoms with van der Waals surface area (Å²) >= 11 is 3.91. The number of anilines is 2. The third kappa shape index (κ3) is 4.66. The molecular weight excluding hydrogens is 812 g/mol. The Balaban J connectivity index is 1.23. The number of hydrogen-bond acceptors (Lipinski definition) is 3. The van der Waals surface area contributed by atoms with E-state index < -0.39 is 0 Å². The molecule has 64 heavy (non-hydrogen) atoms. The van der Waals surface area contributed by atoms with Gasteiger partial charge in [0.25, 0.3) is 0 Å². The smallest absolute Gasteiger partial charge is 0.333 e. The molecule has 0 spiro atoms. The van der Waals surface area contributed by atoms with E-state index in [0.717, 1.165) is 0 Å². The number of rotatable bonds is 1. The fourth-order valence-corrected chi connectivity index (χ4v) is 14.5. The van der Waals surface area contributed by atoms with Crippen LogP contribution in [-0.4, -0.2) is 11.4 Å². The quantitative estimate of drug-likeness (QED) is 0.149. The molecule has 8 aromatic carbocycles. The van der Waals surface area contributed by atoms with Gasteiger partial charge in [-0.3, -0.25) is 0 Å². The van der Waals surface area contributed by atoms with Gasteiger partial charge in [-0.25, -0.2) is 0 Å². The van der Waals surface area contributed by atoms with Crippen molar-refractivity contribution in [1.29, 1.82) is 0 Å². The summed E-state index contributed by atoms with van der Waals surface area (Å²) in [7, 11) is 0. The maximum atomic E-state index is 2.75. The largest absolute Gasteiger partial charge is 0.376 e. The summed E-state index contributed by atoms with van der Waals surface area (Å²) in [6.45, 7) is 18.8. The molecule has 0 bridgehead atoms. The summed E-state index contributed by atoms with van der Waals surface area (Å²) < 4.78 is 8.12. The standard InChI is InChI=1S/C59H47BN2S2/c1-57(2,3)32-21-24-34(25-22-32)62-46-29-39-36-16-10-13-19-48(36)63-50(39)30-41(46)53-54-55-51(52-37-17-11-14-20-49(37)64-56(52)53)40-27-33(58(4,5)6)23-26-45(40)61(55)47-28-38-35-15-9-12-18-42(35)59(7,8)43(38)31-44(47)60(54)62/h9-31H,1-8H3. The number of nitrogens with zero attached hydrogens (tertiary/aromatic N) is 2. The molecule has 0 atom stereocenters. The van der Waals surface area contributed by atoms with Crippen molar-refractivity contribution in [3.63, 3.8) is 0 Å². The molecule has 0 saturated heterocycles. The zero-order valence-electron chi connectivity index (χ0n) is 37.6. The first-order valence-electron chi connectivity index (χ1n) is 22.9.